The van der Waals surface area contributed by atoms with Gasteiger partial charge in [-0.05, 0) is 13.0 Å². The monoisotopic (exact) mass is 285 g/mol. The smallest absolute Gasteiger partial charge is 0.334 e. The van der Waals surface area contributed by atoms with Crippen molar-refractivity contribution in [2.75, 3.05) is 26.8 Å². The second-order valence-electron chi connectivity index (χ2n) is 4.20. The fraction of sp³-hybridized carbons (Fsp3) is 0.500. The lowest BCUT2D eigenvalue weighted by atomic mass is 10.2. The van der Waals surface area contributed by atoms with Gasteiger partial charge < -0.3 is 19.5 Å². The van der Waals surface area contributed by atoms with E-state index in [4.69, 9.17) is 14.6 Å². The standard InChI is InChI=1S/C12H15NO5S/c1-7-5-8(17-2)10(19-7)11(14)13-3-4-18-9(6-13)12(15)16/h5,9H,3-4,6H2,1-2H3,(H,15,16)/t9-/m1/s1. The topological polar surface area (TPSA) is 76.1 Å². The van der Waals surface area contributed by atoms with Crippen molar-refractivity contribution in [3.8, 4) is 5.75 Å². The third kappa shape index (κ3) is 2.87. The number of thiophene rings is 1. The van der Waals surface area contributed by atoms with Crippen LogP contribution in [-0.4, -0.2) is 54.8 Å². The van der Waals surface area contributed by atoms with E-state index in [1.54, 1.807) is 6.07 Å². The van der Waals surface area contributed by atoms with Gasteiger partial charge in [-0.3, -0.25) is 4.79 Å². The third-order valence-corrected chi connectivity index (χ3v) is 3.88. The summed E-state index contributed by atoms with van der Waals surface area (Å²) >= 11 is 1.35. The van der Waals surface area contributed by atoms with Gasteiger partial charge in [-0.15, -0.1) is 11.3 Å². The maximum Gasteiger partial charge on any atom is 0.334 e. The molecule has 1 aromatic heterocycles. The van der Waals surface area contributed by atoms with Crippen molar-refractivity contribution in [3.05, 3.63) is 15.8 Å². The van der Waals surface area contributed by atoms with E-state index in [1.165, 1.54) is 23.3 Å². The number of aryl methyl sites for hydroxylation is 1. The molecule has 2 heterocycles. The van der Waals surface area contributed by atoms with Crippen LogP contribution in [0.25, 0.3) is 0 Å². The number of hydrogen-bond donors (Lipinski definition) is 1. The molecule has 1 fully saturated rings. The van der Waals surface area contributed by atoms with E-state index in [2.05, 4.69) is 0 Å². The Balaban J connectivity index is 2.16. The molecule has 1 aromatic rings. The van der Waals surface area contributed by atoms with E-state index in [0.717, 1.165) is 4.88 Å². The van der Waals surface area contributed by atoms with Crippen LogP contribution in [0, 0.1) is 6.92 Å². The number of methoxy groups -OCH3 is 1. The highest BCUT2D eigenvalue weighted by molar-refractivity contribution is 7.14. The van der Waals surface area contributed by atoms with Crippen LogP contribution in [-0.2, 0) is 9.53 Å². The van der Waals surface area contributed by atoms with Gasteiger partial charge in [0.05, 0.1) is 20.3 Å². The average molecular weight is 285 g/mol. The number of carbonyl (C=O) groups is 2. The second kappa shape index (κ2) is 5.58. The van der Waals surface area contributed by atoms with Gasteiger partial charge >= 0.3 is 5.97 Å². The molecular formula is C12H15NO5S. The van der Waals surface area contributed by atoms with Crippen molar-refractivity contribution in [1.29, 1.82) is 0 Å². The Morgan fingerprint density at radius 1 is 1.58 bits per heavy atom. The Hall–Kier alpha value is -1.60. The fourth-order valence-electron chi connectivity index (χ4n) is 1.92. The first kappa shape index (κ1) is 13.8. The molecule has 19 heavy (non-hydrogen) atoms. The molecule has 1 aliphatic heterocycles. The molecule has 1 N–H and O–H groups in total. The molecule has 7 heteroatoms. The van der Waals surface area contributed by atoms with Crippen LogP contribution < -0.4 is 4.74 Å². The molecule has 1 atom stereocenters. The normalized spacial score (nSPS) is 19.3. The Kier molecular flexibility index (Phi) is 4.06. The minimum atomic E-state index is -1.05. The molecule has 1 aliphatic rings. The summed E-state index contributed by atoms with van der Waals surface area (Å²) in [4.78, 5) is 26.2. The molecule has 0 aromatic carbocycles. The Bertz CT molecular complexity index is 498. The summed E-state index contributed by atoms with van der Waals surface area (Å²) in [6.07, 6.45) is -0.954. The number of rotatable bonds is 3. The number of amides is 1. The van der Waals surface area contributed by atoms with E-state index in [-0.39, 0.29) is 19.1 Å². The lowest BCUT2D eigenvalue weighted by molar-refractivity contribution is -0.154. The lowest BCUT2D eigenvalue weighted by Crippen LogP contribution is -2.48. The van der Waals surface area contributed by atoms with Crippen LogP contribution in [0.15, 0.2) is 6.07 Å². The van der Waals surface area contributed by atoms with Crippen molar-refractivity contribution in [2.45, 2.75) is 13.0 Å². The summed E-state index contributed by atoms with van der Waals surface area (Å²) in [6, 6.07) is 1.80. The van der Waals surface area contributed by atoms with Crippen LogP contribution in [0.4, 0.5) is 0 Å². The zero-order chi connectivity index (χ0) is 14.0. The number of morpholine rings is 1. The molecule has 0 saturated carbocycles. The molecule has 1 saturated heterocycles. The van der Waals surface area contributed by atoms with E-state index in [1.807, 2.05) is 6.92 Å². The zero-order valence-electron chi connectivity index (χ0n) is 10.7. The minimum Gasteiger partial charge on any atom is -0.495 e. The Morgan fingerprint density at radius 2 is 2.32 bits per heavy atom. The predicted molar refractivity (Wildman–Crippen MR) is 68.9 cm³/mol. The van der Waals surface area contributed by atoms with Crippen LogP contribution >= 0.6 is 11.3 Å². The number of aliphatic carboxylic acids is 1. The van der Waals surface area contributed by atoms with Crippen molar-refractivity contribution < 1.29 is 24.2 Å². The summed E-state index contributed by atoms with van der Waals surface area (Å²) in [5.74, 6) is -0.720. The molecule has 2 rings (SSSR count). The van der Waals surface area contributed by atoms with Crippen LogP contribution in [0.1, 0.15) is 14.5 Å². The molecule has 6 nitrogen and oxygen atoms in total. The van der Waals surface area contributed by atoms with Crippen LogP contribution in [0.5, 0.6) is 5.75 Å². The molecular weight excluding hydrogens is 270 g/mol. The number of carboxylic acids is 1. The van der Waals surface area contributed by atoms with Gasteiger partial charge in [-0.25, -0.2) is 4.79 Å². The van der Waals surface area contributed by atoms with Crippen molar-refractivity contribution >= 4 is 23.2 Å². The summed E-state index contributed by atoms with van der Waals surface area (Å²) in [5, 5.41) is 8.93. The highest BCUT2D eigenvalue weighted by atomic mass is 32.1. The number of ether oxygens (including phenoxy) is 2. The molecule has 1 amide bonds. The van der Waals surface area contributed by atoms with Gasteiger partial charge in [0.1, 0.15) is 10.6 Å². The average Bonchev–Trinajstić information content (AvgIpc) is 2.79. The Labute approximate surface area is 114 Å². The molecule has 104 valence electrons. The van der Waals surface area contributed by atoms with Crippen molar-refractivity contribution in [3.63, 3.8) is 0 Å². The van der Waals surface area contributed by atoms with Crippen molar-refractivity contribution in [1.82, 2.24) is 4.90 Å². The summed E-state index contributed by atoms with van der Waals surface area (Å²) in [5.41, 5.74) is 0. The SMILES string of the molecule is COc1cc(C)sc1C(=O)N1CCO[C@@H](C(=O)O)C1. The first-order valence-corrected chi connectivity index (χ1v) is 6.62. The van der Waals surface area contributed by atoms with Crippen molar-refractivity contribution in [2.24, 2.45) is 0 Å². The number of nitrogens with zero attached hydrogens (tertiary/aromatic N) is 1. The molecule has 0 aliphatic carbocycles. The maximum absolute atomic E-state index is 12.4. The minimum absolute atomic E-state index is 0.0638. The first-order valence-electron chi connectivity index (χ1n) is 5.81. The highest BCUT2D eigenvalue weighted by Gasteiger charge is 2.31. The van der Waals surface area contributed by atoms with E-state index in [9.17, 15) is 9.59 Å². The number of carboxylic acid groups (broad SMARTS) is 1. The lowest BCUT2D eigenvalue weighted by Gasteiger charge is -2.30. The molecule has 0 radical (unpaired) electrons. The summed E-state index contributed by atoms with van der Waals surface area (Å²) in [7, 11) is 1.51. The quantitative estimate of drug-likeness (QED) is 0.896. The number of hydrogen-bond acceptors (Lipinski definition) is 5. The van der Waals surface area contributed by atoms with Gasteiger partial charge in [0.2, 0.25) is 0 Å². The van der Waals surface area contributed by atoms with Gasteiger partial charge in [-0.1, -0.05) is 0 Å². The van der Waals surface area contributed by atoms with E-state index in [0.29, 0.717) is 17.2 Å². The molecule has 0 spiro atoms. The van der Waals surface area contributed by atoms with Gasteiger partial charge in [-0.2, -0.15) is 0 Å². The van der Waals surface area contributed by atoms with Gasteiger partial charge in [0.15, 0.2) is 6.10 Å². The van der Waals surface area contributed by atoms with Gasteiger partial charge in [0.25, 0.3) is 5.91 Å². The number of carbonyl (C=O) groups excluding carboxylic acids is 1. The van der Waals surface area contributed by atoms with Gasteiger partial charge in [0, 0.05) is 11.4 Å². The predicted octanol–water partition coefficient (Wildman–Crippen LogP) is 0.991. The second-order valence-corrected chi connectivity index (χ2v) is 5.46. The van der Waals surface area contributed by atoms with E-state index >= 15 is 0 Å². The van der Waals surface area contributed by atoms with E-state index < -0.39 is 12.1 Å². The highest BCUT2D eigenvalue weighted by Crippen LogP contribution is 2.30. The third-order valence-electron chi connectivity index (χ3n) is 2.86. The summed E-state index contributed by atoms with van der Waals surface area (Å²) < 4.78 is 10.3. The van der Waals surface area contributed by atoms with Crippen LogP contribution in [0.3, 0.4) is 0 Å². The first-order chi connectivity index (χ1) is 9.02. The van der Waals surface area contributed by atoms with Crippen LogP contribution in [0.2, 0.25) is 0 Å². The molecule has 0 bridgehead atoms. The fourth-order valence-corrected chi connectivity index (χ4v) is 2.87. The summed E-state index contributed by atoms with van der Waals surface area (Å²) in [6.45, 7) is 2.58. The maximum atomic E-state index is 12.4. The zero-order valence-corrected chi connectivity index (χ0v) is 11.5. The molecule has 0 unspecified atom stereocenters. The Morgan fingerprint density at radius 3 is 2.95 bits per heavy atom. The largest absolute Gasteiger partial charge is 0.495 e.